The fraction of sp³-hybridized carbons (Fsp3) is 0.529. The van der Waals surface area contributed by atoms with Crippen LogP contribution in [-0.4, -0.2) is 39.0 Å². The number of carbonyl (C=O) groups is 1. The topological polar surface area (TPSA) is 41.4 Å². The fourth-order valence-electron chi connectivity index (χ4n) is 3.99. The molecular formula is C17H21FN4OS. The molecule has 3 heterocycles. The molecule has 2 aromatic rings. The van der Waals surface area contributed by atoms with E-state index >= 15 is 0 Å². The molecule has 0 bridgehead atoms. The minimum Gasteiger partial charge on any atom is -0.349 e. The molecule has 0 aromatic carbocycles. The minimum absolute atomic E-state index is 0.0228. The second kappa shape index (κ2) is 6.27. The summed E-state index contributed by atoms with van der Waals surface area (Å²) in [6, 6.07) is 2.31. The highest BCUT2D eigenvalue weighted by molar-refractivity contribution is 7.92. The van der Waals surface area contributed by atoms with Crippen molar-refractivity contribution >= 4 is 35.0 Å². The molecule has 1 saturated carbocycles. The van der Waals surface area contributed by atoms with Crippen LogP contribution in [0.25, 0.3) is 11.0 Å². The van der Waals surface area contributed by atoms with Gasteiger partial charge in [-0.05, 0) is 25.8 Å². The van der Waals surface area contributed by atoms with Crippen molar-refractivity contribution in [2.75, 3.05) is 18.1 Å². The third kappa shape index (κ3) is 2.37. The number of hydrogen-bond acceptors (Lipinski definition) is 4. The standard InChI is InChI=1S/C17H21FN4OS/c1-2-20-11-21(12-6-4-3-5-7-12)15-13-8-9-22(24-18)16(13)19-10-14(15)17(20)23/h8-10,12H,2-7,11H2,1H3. The molecular weight excluding hydrogens is 327 g/mol. The number of hydrogen-bond donors (Lipinski definition) is 0. The van der Waals surface area contributed by atoms with Gasteiger partial charge in [0, 0.05) is 30.4 Å². The van der Waals surface area contributed by atoms with Crippen molar-refractivity contribution in [2.45, 2.75) is 45.1 Å². The molecule has 7 heteroatoms. The first-order valence-electron chi connectivity index (χ1n) is 8.59. The van der Waals surface area contributed by atoms with Crippen molar-refractivity contribution in [1.29, 1.82) is 0 Å². The summed E-state index contributed by atoms with van der Waals surface area (Å²) in [4.78, 5) is 21.3. The number of fused-ring (bicyclic) bond motifs is 3. The van der Waals surface area contributed by atoms with E-state index in [1.807, 2.05) is 17.9 Å². The van der Waals surface area contributed by atoms with Gasteiger partial charge < -0.3 is 9.80 Å². The molecule has 0 radical (unpaired) electrons. The largest absolute Gasteiger partial charge is 0.349 e. The zero-order valence-corrected chi connectivity index (χ0v) is 14.6. The minimum atomic E-state index is 0.0228. The number of carbonyl (C=O) groups excluding carboxylic acids is 1. The number of anilines is 1. The Morgan fingerprint density at radius 3 is 2.83 bits per heavy atom. The van der Waals surface area contributed by atoms with E-state index < -0.39 is 0 Å². The Hall–Kier alpha value is -1.76. The Kier molecular flexibility index (Phi) is 4.12. The summed E-state index contributed by atoms with van der Waals surface area (Å²) in [6.07, 6.45) is 9.33. The second-order valence-corrected chi connectivity index (χ2v) is 7.06. The maximum absolute atomic E-state index is 13.1. The Labute approximate surface area is 145 Å². The SMILES string of the molecule is CCN1CN(C2CCCCC2)c2c(cnc3c2ccn3SF)C1=O. The summed E-state index contributed by atoms with van der Waals surface area (Å²) in [5.74, 6) is 0.0228. The highest BCUT2D eigenvalue weighted by Gasteiger charge is 2.35. The normalized spacial score (nSPS) is 19.2. The summed E-state index contributed by atoms with van der Waals surface area (Å²) in [7, 11) is 0. The maximum atomic E-state index is 13.1. The molecule has 0 N–H and O–H groups in total. The maximum Gasteiger partial charge on any atom is 0.258 e. The van der Waals surface area contributed by atoms with Crippen molar-refractivity contribution in [3.8, 4) is 0 Å². The van der Waals surface area contributed by atoms with E-state index in [-0.39, 0.29) is 18.2 Å². The van der Waals surface area contributed by atoms with Gasteiger partial charge in [-0.1, -0.05) is 19.3 Å². The van der Waals surface area contributed by atoms with Gasteiger partial charge in [-0.3, -0.25) is 4.79 Å². The summed E-state index contributed by atoms with van der Waals surface area (Å²) in [5.41, 5.74) is 2.16. The van der Waals surface area contributed by atoms with Crippen LogP contribution in [0.2, 0.25) is 0 Å². The number of nitrogens with zero attached hydrogens (tertiary/aromatic N) is 4. The van der Waals surface area contributed by atoms with Gasteiger partial charge in [0.15, 0.2) is 18.0 Å². The molecule has 1 amide bonds. The molecule has 1 aliphatic carbocycles. The molecule has 2 aromatic heterocycles. The lowest BCUT2D eigenvalue weighted by Crippen LogP contribution is -2.51. The van der Waals surface area contributed by atoms with E-state index in [1.54, 1.807) is 12.4 Å². The van der Waals surface area contributed by atoms with E-state index in [0.29, 0.717) is 30.5 Å². The van der Waals surface area contributed by atoms with Crippen LogP contribution in [0.1, 0.15) is 49.4 Å². The summed E-state index contributed by atoms with van der Waals surface area (Å²) in [5, 5.41) is 0.868. The van der Waals surface area contributed by atoms with E-state index in [1.165, 1.54) is 23.2 Å². The van der Waals surface area contributed by atoms with Crippen LogP contribution in [0.15, 0.2) is 18.5 Å². The lowest BCUT2D eigenvalue weighted by Gasteiger charge is -2.43. The monoisotopic (exact) mass is 348 g/mol. The van der Waals surface area contributed by atoms with Crippen molar-refractivity contribution in [3.05, 3.63) is 24.0 Å². The van der Waals surface area contributed by atoms with Gasteiger partial charge in [0.25, 0.3) is 5.91 Å². The average Bonchev–Trinajstić information content (AvgIpc) is 3.06. The average molecular weight is 348 g/mol. The van der Waals surface area contributed by atoms with Crippen LogP contribution in [0.4, 0.5) is 9.57 Å². The Bertz CT molecular complexity index is 771. The van der Waals surface area contributed by atoms with Gasteiger partial charge in [0.1, 0.15) is 0 Å². The molecule has 4 rings (SSSR count). The summed E-state index contributed by atoms with van der Waals surface area (Å²) >= 11 is 0.139. The number of amides is 1. The fourth-order valence-corrected chi connectivity index (χ4v) is 4.31. The van der Waals surface area contributed by atoms with Crippen LogP contribution in [0, 0.1) is 0 Å². The zero-order valence-electron chi connectivity index (χ0n) is 13.7. The van der Waals surface area contributed by atoms with E-state index in [4.69, 9.17) is 0 Å². The van der Waals surface area contributed by atoms with Gasteiger partial charge in [0.2, 0.25) is 0 Å². The Morgan fingerprint density at radius 2 is 2.12 bits per heavy atom. The van der Waals surface area contributed by atoms with E-state index in [0.717, 1.165) is 23.9 Å². The molecule has 128 valence electrons. The number of pyridine rings is 1. The predicted molar refractivity (Wildman–Crippen MR) is 94.8 cm³/mol. The van der Waals surface area contributed by atoms with Gasteiger partial charge in [-0.2, -0.15) is 0 Å². The number of rotatable bonds is 3. The summed E-state index contributed by atoms with van der Waals surface area (Å²) in [6.45, 7) is 3.30. The third-order valence-electron chi connectivity index (χ3n) is 5.25. The van der Waals surface area contributed by atoms with E-state index in [2.05, 4.69) is 9.88 Å². The van der Waals surface area contributed by atoms with Crippen LogP contribution < -0.4 is 4.90 Å². The molecule has 0 atom stereocenters. The smallest absolute Gasteiger partial charge is 0.258 e. The molecule has 1 aliphatic heterocycles. The quantitative estimate of drug-likeness (QED) is 0.841. The lowest BCUT2D eigenvalue weighted by molar-refractivity contribution is 0.0743. The highest BCUT2D eigenvalue weighted by atomic mass is 32.2. The first-order chi connectivity index (χ1) is 11.7. The molecule has 0 spiro atoms. The first-order valence-corrected chi connectivity index (χ1v) is 9.27. The Balaban J connectivity index is 1.88. The van der Waals surface area contributed by atoms with Crippen molar-refractivity contribution < 1.29 is 8.68 Å². The van der Waals surface area contributed by atoms with Gasteiger partial charge in [0.05, 0.1) is 17.9 Å². The highest BCUT2D eigenvalue weighted by Crippen LogP contribution is 2.39. The zero-order chi connectivity index (χ0) is 16.7. The molecule has 5 nitrogen and oxygen atoms in total. The van der Waals surface area contributed by atoms with Gasteiger partial charge in [-0.25, -0.2) is 8.96 Å². The first kappa shape index (κ1) is 15.7. The van der Waals surface area contributed by atoms with Crippen LogP contribution in [0.5, 0.6) is 0 Å². The predicted octanol–water partition coefficient (Wildman–Crippen LogP) is 3.99. The van der Waals surface area contributed by atoms with E-state index in [9.17, 15) is 8.68 Å². The van der Waals surface area contributed by atoms with Crippen molar-refractivity contribution in [1.82, 2.24) is 13.9 Å². The number of halogens is 1. The second-order valence-electron chi connectivity index (χ2n) is 6.53. The van der Waals surface area contributed by atoms with Crippen molar-refractivity contribution in [2.24, 2.45) is 0 Å². The Morgan fingerprint density at radius 1 is 1.33 bits per heavy atom. The van der Waals surface area contributed by atoms with Crippen LogP contribution in [-0.2, 0) is 0 Å². The van der Waals surface area contributed by atoms with Crippen molar-refractivity contribution in [3.63, 3.8) is 0 Å². The molecule has 2 aliphatic rings. The van der Waals surface area contributed by atoms with Gasteiger partial charge in [-0.15, -0.1) is 3.89 Å². The molecule has 0 saturated heterocycles. The van der Waals surface area contributed by atoms with Crippen LogP contribution in [0.3, 0.4) is 0 Å². The van der Waals surface area contributed by atoms with Crippen LogP contribution >= 0.6 is 12.3 Å². The molecule has 0 unspecified atom stereocenters. The third-order valence-corrected chi connectivity index (χ3v) is 5.70. The molecule has 24 heavy (non-hydrogen) atoms. The summed E-state index contributed by atoms with van der Waals surface area (Å²) < 4.78 is 14.5. The lowest BCUT2D eigenvalue weighted by atomic mass is 9.92. The number of aromatic nitrogens is 2. The molecule has 1 fully saturated rings. The van der Waals surface area contributed by atoms with Gasteiger partial charge >= 0.3 is 0 Å².